The third-order valence-electron chi connectivity index (χ3n) is 3.90. The maximum atomic E-state index is 14.7. The lowest BCUT2D eigenvalue weighted by Gasteiger charge is -2.21. The van der Waals surface area contributed by atoms with Crippen molar-refractivity contribution < 1.29 is 13.2 Å². The summed E-state index contributed by atoms with van der Waals surface area (Å²) >= 11 is 1.07. The number of benzene rings is 1. The first-order chi connectivity index (χ1) is 10.5. The van der Waals surface area contributed by atoms with Gasteiger partial charge in [-0.25, -0.2) is 23.1 Å². The lowest BCUT2D eigenvalue weighted by molar-refractivity contribution is 0.474. The minimum atomic E-state index is -1.19. The molecule has 1 aromatic carbocycles. The zero-order valence-electron chi connectivity index (χ0n) is 12.1. The smallest absolute Gasteiger partial charge is 0.176 e. The van der Waals surface area contributed by atoms with Crippen LogP contribution >= 0.6 is 11.8 Å². The van der Waals surface area contributed by atoms with E-state index >= 15 is 0 Å². The van der Waals surface area contributed by atoms with Gasteiger partial charge in [-0.1, -0.05) is 19.3 Å². The molecular formula is C15H16F3N3S. The number of aryl methyl sites for hydroxylation is 1. The fourth-order valence-corrected chi connectivity index (χ4v) is 4.13. The highest BCUT2D eigenvalue weighted by Crippen LogP contribution is 2.40. The third kappa shape index (κ3) is 2.62. The van der Waals surface area contributed by atoms with Crippen molar-refractivity contribution in [1.29, 1.82) is 0 Å². The highest BCUT2D eigenvalue weighted by Gasteiger charge is 2.26. The molecule has 0 aliphatic heterocycles. The maximum Gasteiger partial charge on any atom is 0.176 e. The Bertz CT molecular complexity index is 730. The zero-order valence-corrected chi connectivity index (χ0v) is 12.9. The number of nitrogen functional groups attached to an aromatic ring is 1. The minimum absolute atomic E-state index is 0.106. The van der Waals surface area contributed by atoms with E-state index in [9.17, 15) is 13.2 Å². The molecule has 1 saturated carbocycles. The molecule has 1 aromatic heterocycles. The molecule has 0 atom stereocenters. The molecule has 3 rings (SSSR count). The molecular weight excluding hydrogens is 311 g/mol. The molecule has 0 spiro atoms. The Balaban J connectivity index is 2.14. The molecule has 1 heterocycles. The van der Waals surface area contributed by atoms with E-state index in [1.54, 1.807) is 0 Å². The first-order valence-electron chi connectivity index (χ1n) is 7.26. The van der Waals surface area contributed by atoms with Gasteiger partial charge in [-0.3, -0.25) is 0 Å². The van der Waals surface area contributed by atoms with E-state index in [-0.39, 0.29) is 32.7 Å². The number of anilines is 1. The zero-order chi connectivity index (χ0) is 15.9. The summed E-state index contributed by atoms with van der Waals surface area (Å²) in [5, 5.41) is -0.275. The summed E-state index contributed by atoms with van der Waals surface area (Å²) in [6.45, 7) is 1.53. The van der Waals surface area contributed by atoms with Crippen molar-refractivity contribution in [2.45, 2.75) is 49.2 Å². The molecule has 1 fully saturated rings. The van der Waals surface area contributed by atoms with Crippen molar-refractivity contribution in [3.05, 3.63) is 23.3 Å². The number of rotatable bonds is 2. The van der Waals surface area contributed by atoms with Crippen LogP contribution in [0.3, 0.4) is 0 Å². The predicted molar refractivity (Wildman–Crippen MR) is 81.3 cm³/mol. The molecule has 0 saturated heterocycles. The van der Waals surface area contributed by atoms with Gasteiger partial charge < -0.3 is 5.73 Å². The summed E-state index contributed by atoms with van der Waals surface area (Å²) < 4.78 is 43.2. The topological polar surface area (TPSA) is 51.8 Å². The SMILES string of the molecule is Cc1nc(N)c2c(F)c(F)c(SC3CCCCC3)c(F)c2n1. The van der Waals surface area contributed by atoms with Gasteiger partial charge in [0.15, 0.2) is 17.5 Å². The molecule has 3 nitrogen and oxygen atoms in total. The van der Waals surface area contributed by atoms with Crippen molar-refractivity contribution in [1.82, 2.24) is 9.97 Å². The molecule has 7 heteroatoms. The molecule has 2 aromatic rings. The summed E-state index contributed by atoms with van der Waals surface area (Å²) in [4.78, 5) is 7.39. The van der Waals surface area contributed by atoms with Crippen LogP contribution < -0.4 is 5.73 Å². The average molecular weight is 327 g/mol. The first-order valence-corrected chi connectivity index (χ1v) is 8.14. The Morgan fingerprint density at radius 2 is 1.68 bits per heavy atom. The largest absolute Gasteiger partial charge is 0.383 e. The van der Waals surface area contributed by atoms with Gasteiger partial charge in [0.1, 0.15) is 17.2 Å². The highest BCUT2D eigenvalue weighted by molar-refractivity contribution is 8.00. The van der Waals surface area contributed by atoms with Crippen LogP contribution in [0.25, 0.3) is 10.9 Å². The quantitative estimate of drug-likeness (QED) is 0.833. The lowest BCUT2D eigenvalue weighted by Crippen LogP contribution is -2.10. The fourth-order valence-electron chi connectivity index (χ4n) is 2.84. The number of fused-ring (bicyclic) bond motifs is 1. The monoisotopic (exact) mass is 327 g/mol. The number of hydrogen-bond acceptors (Lipinski definition) is 4. The highest BCUT2D eigenvalue weighted by atomic mass is 32.2. The summed E-state index contributed by atoms with van der Waals surface area (Å²) in [5.41, 5.74) is 5.35. The second kappa shape index (κ2) is 5.95. The second-order valence-corrected chi connectivity index (χ2v) is 6.84. The van der Waals surface area contributed by atoms with Gasteiger partial charge in [-0.15, -0.1) is 11.8 Å². The number of thioether (sulfide) groups is 1. The number of aromatic nitrogens is 2. The Labute approximate surface area is 130 Å². The van der Waals surface area contributed by atoms with E-state index in [1.807, 2.05) is 0 Å². The summed E-state index contributed by atoms with van der Waals surface area (Å²) in [5.74, 6) is -3.23. The summed E-state index contributed by atoms with van der Waals surface area (Å²) in [7, 11) is 0. The Hall–Kier alpha value is -1.50. The van der Waals surface area contributed by atoms with Crippen molar-refractivity contribution in [2.24, 2.45) is 0 Å². The van der Waals surface area contributed by atoms with Crippen LogP contribution in [-0.4, -0.2) is 15.2 Å². The van der Waals surface area contributed by atoms with Crippen molar-refractivity contribution >= 4 is 28.5 Å². The summed E-state index contributed by atoms with van der Waals surface area (Å²) in [6.07, 6.45) is 4.97. The molecule has 22 heavy (non-hydrogen) atoms. The van der Waals surface area contributed by atoms with Crippen LogP contribution in [-0.2, 0) is 0 Å². The predicted octanol–water partition coefficient (Wildman–Crippen LogP) is 4.36. The Morgan fingerprint density at radius 1 is 1.00 bits per heavy atom. The van der Waals surface area contributed by atoms with Crippen LogP contribution in [0.15, 0.2) is 4.90 Å². The number of nitrogens with zero attached hydrogens (tertiary/aromatic N) is 2. The first kappa shape index (κ1) is 15.4. The van der Waals surface area contributed by atoms with Crippen LogP contribution in [0.4, 0.5) is 19.0 Å². The van der Waals surface area contributed by atoms with Gasteiger partial charge in [-0.2, -0.15) is 0 Å². The van der Waals surface area contributed by atoms with Crippen LogP contribution in [0, 0.1) is 24.4 Å². The van der Waals surface area contributed by atoms with Gasteiger partial charge in [0.25, 0.3) is 0 Å². The Kier molecular flexibility index (Phi) is 4.16. The molecule has 0 amide bonds. The maximum absolute atomic E-state index is 14.7. The van der Waals surface area contributed by atoms with Gasteiger partial charge in [0, 0.05) is 5.25 Å². The average Bonchev–Trinajstić information content (AvgIpc) is 2.50. The van der Waals surface area contributed by atoms with E-state index in [2.05, 4.69) is 9.97 Å². The van der Waals surface area contributed by atoms with Crippen molar-refractivity contribution in [3.63, 3.8) is 0 Å². The van der Waals surface area contributed by atoms with Gasteiger partial charge in [-0.05, 0) is 19.8 Å². The normalized spacial score (nSPS) is 16.4. The third-order valence-corrected chi connectivity index (χ3v) is 5.30. The van der Waals surface area contributed by atoms with E-state index in [1.165, 1.54) is 6.92 Å². The molecule has 0 unspecified atom stereocenters. The van der Waals surface area contributed by atoms with E-state index < -0.39 is 17.5 Å². The second-order valence-electron chi connectivity index (χ2n) is 5.53. The van der Waals surface area contributed by atoms with E-state index in [4.69, 9.17) is 5.73 Å². The molecule has 0 radical (unpaired) electrons. The van der Waals surface area contributed by atoms with Crippen LogP contribution in [0.5, 0.6) is 0 Å². The fraction of sp³-hybridized carbons (Fsp3) is 0.467. The van der Waals surface area contributed by atoms with E-state index in [0.717, 1.165) is 43.9 Å². The van der Waals surface area contributed by atoms with Gasteiger partial charge in [0.05, 0.1) is 10.3 Å². The lowest BCUT2D eigenvalue weighted by atomic mass is 10.0. The van der Waals surface area contributed by atoms with Crippen molar-refractivity contribution in [2.75, 3.05) is 5.73 Å². The standard InChI is InChI=1S/C15H16F3N3S/c1-7-20-13-9(15(19)21-7)10(16)11(17)14(12(13)18)22-8-5-3-2-4-6-8/h8H,2-6H2,1H3,(H2,19,20,21). The van der Waals surface area contributed by atoms with Gasteiger partial charge in [0.2, 0.25) is 0 Å². The molecule has 118 valence electrons. The van der Waals surface area contributed by atoms with Gasteiger partial charge >= 0.3 is 0 Å². The number of halogens is 3. The number of hydrogen-bond donors (Lipinski definition) is 1. The molecule has 1 aliphatic carbocycles. The summed E-state index contributed by atoms with van der Waals surface area (Å²) in [6, 6.07) is 0. The van der Waals surface area contributed by atoms with Crippen molar-refractivity contribution in [3.8, 4) is 0 Å². The molecule has 0 bridgehead atoms. The van der Waals surface area contributed by atoms with E-state index in [0.29, 0.717) is 0 Å². The van der Waals surface area contributed by atoms with Crippen LogP contribution in [0.2, 0.25) is 0 Å². The molecule has 1 aliphatic rings. The Morgan fingerprint density at radius 3 is 2.36 bits per heavy atom. The molecule has 2 N–H and O–H groups in total. The number of nitrogens with two attached hydrogens (primary N) is 1. The minimum Gasteiger partial charge on any atom is -0.383 e. The van der Waals surface area contributed by atoms with Crippen LogP contribution in [0.1, 0.15) is 37.9 Å².